The number of hydrogen-bond acceptors (Lipinski definition) is 3. The van der Waals surface area contributed by atoms with Crippen molar-refractivity contribution in [1.29, 1.82) is 0 Å². The average Bonchev–Trinajstić information content (AvgIpc) is 2.98. The molecule has 1 saturated heterocycles. The quantitative estimate of drug-likeness (QED) is 0.779. The van der Waals surface area contributed by atoms with Crippen LogP contribution in [0.2, 0.25) is 0 Å². The number of likely N-dealkylation sites (N-methyl/N-ethyl adjacent to an activating group) is 1. The molecule has 1 heterocycles. The standard InChI is InChI=1S/C13H25NO2/c1-3-14-12(11-6-9-16-10-11)13(15-2)7-4-5-8-13/h11-12,14H,3-10H2,1-2H3. The van der Waals surface area contributed by atoms with Crippen molar-refractivity contribution < 1.29 is 9.47 Å². The van der Waals surface area contributed by atoms with E-state index in [2.05, 4.69) is 12.2 Å². The molecule has 2 atom stereocenters. The molecule has 0 bridgehead atoms. The van der Waals surface area contributed by atoms with Gasteiger partial charge in [-0.1, -0.05) is 19.8 Å². The summed E-state index contributed by atoms with van der Waals surface area (Å²) in [4.78, 5) is 0. The molecule has 0 aromatic rings. The monoisotopic (exact) mass is 227 g/mol. The first-order chi connectivity index (χ1) is 7.82. The molecule has 3 nitrogen and oxygen atoms in total. The maximum atomic E-state index is 5.91. The lowest BCUT2D eigenvalue weighted by atomic mass is 9.82. The molecule has 0 radical (unpaired) electrons. The van der Waals surface area contributed by atoms with Gasteiger partial charge in [0.1, 0.15) is 0 Å². The molecule has 94 valence electrons. The van der Waals surface area contributed by atoms with Crippen molar-refractivity contribution >= 4 is 0 Å². The second kappa shape index (κ2) is 5.48. The molecule has 1 aliphatic heterocycles. The first-order valence-corrected chi connectivity index (χ1v) is 6.68. The van der Waals surface area contributed by atoms with Crippen molar-refractivity contribution in [2.75, 3.05) is 26.9 Å². The minimum Gasteiger partial charge on any atom is -0.381 e. The van der Waals surface area contributed by atoms with Crippen LogP contribution in [0, 0.1) is 5.92 Å². The summed E-state index contributed by atoms with van der Waals surface area (Å²) in [5.74, 6) is 0.637. The van der Waals surface area contributed by atoms with Crippen LogP contribution in [0.4, 0.5) is 0 Å². The number of hydrogen-bond donors (Lipinski definition) is 1. The van der Waals surface area contributed by atoms with Crippen LogP contribution >= 0.6 is 0 Å². The molecule has 2 rings (SSSR count). The number of nitrogens with one attached hydrogen (secondary N) is 1. The van der Waals surface area contributed by atoms with E-state index in [1.807, 2.05) is 7.11 Å². The largest absolute Gasteiger partial charge is 0.381 e. The van der Waals surface area contributed by atoms with E-state index in [1.54, 1.807) is 0 Å². The van der Waals surface area contributed by atoms with Gasteiger partial charge in [0.2, 0.25) is 0 Å². The minimum atomic E-state index is 0.0778. The van der Waals surface area contributed by atoms with Crippen molar-refractivity contribution in [2.24, 2.45) is 5.92 Å². The summed E-state index contributed by atoms with van der Waals surface area (Å²) in [6.45, 7) is 5.03. The third kappa shape index (κ3) is 2.27. The average molecular weight is 227 g/mol. The molecular formula is C13H25NO2. The lowest BCUT2D eigenvalue weighted by Gasteiger charge is -2.40. The van der Waals surface area contributed by atoms with Crippen molar-refractivity contribution in [2.45, 2.75) is 50.7 Å². The molecule has 1 N–H and O–H groups in total. The fraction of sp³-hybridized carbons (Fsp3) is 1.00. The number of methoxy groups -OCH3 is 1. The Kier molecular flexibility index (Phi) is 4.22. The van der Waals surface area contributed by atoms with Crippen LogP contribution in [0.1, 0.15) is 39.0 Å². The molecule has 0 amide bonds. The van der Waals surface area contributed by atoms with Crippen molar-refractivity contribution in [3.63, 3.8) is 0 Å². The highest BCUT2D eigenvalue weighted by Crippen LogP contribution is 2.39. The van der Waals surface area contributed by atoms with Gasteiger partial charge in [0.25, 0.3) is 0 Å². The van der Waals surface area contributed by atoms with E-state index in [-0.39, 0.29) is 5.60 Å². The van der Waals surface area contributed by atoms with Crippen LogP contribution in [0.15, 0.2) is 0 Å². The first-order valence-electron chi connectivity index (χ1n) is 6.68. The molecule has 2 fully saturated rings. The zero-order chi connectivity index (χ0) is 11.4. The summed E-state index contributed by atoms with van der Waals surface area (Å²) < 4.78 is 11.4. The lowest BCUT2D eigenvalue weighted by Crippen LogP contribution is -2.54. The first kappa shape index (κ1) is 12.3. The van der Waals surface area contributed by atoms with Gasteiger partial charge < -0.3 is 14.8 Å². The van der Waals surface area contributed by atoms with Gasteiger partial charge in [-0.05, 0) is 25.8 Å². The Bertz CT molecular complexity index is 208. The van der Waals surface area contributed by atoms with Gasteiger partial charge in [0, 0.05) is 25.7 Å². The normalized spacial score (nSPS) is 30.8. The van der Waals surface area contributed by atoms with Gasteiger partial charge in [-0.15, -0.1) is 0 Å². The van der Waals surface area contributed by atoms with Crippen LogP contribution in [0.5, 0.6) is 0 Å². The third-order valence-corrected chi connectivity index (χ3v) is 4.28. The van der Waals surface area contributed by atoms with E-state index in [0.717, 1.165) is 19.8 Å². The molecule has 2 unspecified atom stereocenters. The van der Waals surface area contributed by atoms with Gasteiger partial charge in [-0.3, -0.25) is 0 Å². The van der Waals surface area contributed by atoms with Crippen molar-refractivity contribution in [1.82, 2.24) is 5.32 Å². The molecular weight excluding hydrogens is 202 g/mol. The van der Waals surface area contributed by atoms with Gasteiger partial charge in [0.15, 0.2) is 0 Å². The predicted octanol–water partition coefficient (Wildman–Crippen LogP) is 1.96. The Labute approximate surface area is 98.9 Å². The van der Waals surface area contributed by atoms with E-state index < -0.39 is 0 Å². The molecule has 16 heavy (non-hydrogen) atoms. The summed E-state index contributed by atoms with van der Waals surface area (Å²) in [6.07, 6.45) is 6.21. The molecule has 1 saturated carbocycles. The van der Waals surface area contributed by atoms with E-state index in [4.69, 9.17) is 9.47 Å². The SMILES string of the molecule is CCNC(C1CCOC1)C1(OC)CCCC1. The second-order valence-electron chi connectivity index (χ2n) is 5.14. The maximum absolute atomic E-state index is 5.91. The van der Waals surface area contributed by atoms with Crippen LogP contribution < -0.4 is 5.32 Å². The van der Waals surface area contributed by atoms with Gasteiger partial charge >= 0.3 is 0 Å². The number of ether oxygens (including phenoxy) is 2. The lowest BCUT2D eigenvalue weighted by molar-refractivity contribution is -0.0521. The smallest absolute Gasteiger partial charge is 0.0834 e. The fourth-order valence-electron chi connectivity index (χ4n) is 3.43. The van der Waals surface area contributed by atoms with E-state index in [9.17, 15) is 0 Å². The third-order valence-electron chi connectivity index (χ3n) is 4.28. The number of rotatable bonds is 5. The molecule has 2 aliphatic rings. The molecule has 3 heteroatoms. The second-order valence-corrected chi connectivity index (χ2v) is 5.14. The fourth-order valence-corrected chi connectivity index (χ4v) is 3.43. The Hall–Kier alpha value is -0.120. The highest BCUT2D eigenvalue weighted by Gasteiger charge is 2.45. The van der Waals surface area contributed by atoms with E-state index >= 15 is 0 Å². The molecule has 0 aromatic carbocycles. The summed E-state index contributed by atoms with van der Waals surface area (Å²) >= 11 is 0. The Morgan fingerprint density at radius 1 is 1.44 bits per heavy atom. The van der Waals surface area contributed by atoms with Gasteiger partial charge in [0.05, 0.1) is 12.2 Å². The van der Waals surface area contributed by atoms with Crippen LogP contribution in [0.3, 0.4) is 0 Å². The zero-order valence-electron chi connectivity index (χ0n) is 10.6. The summed E-state index contributed by atoms with van der Waals surface area (Å²) in [5.41, 5.74) is 0.0778. The molecule has 1 aliphatic carbocycles. The van der Waals surface area contributed by atoms with Crippen LogP contribution in [-0.2, 0) is 9.47 Å². The topological polar surface area (TPSA) is 30.5 Å². The molecule has 0 aromatic heterocycles. The Morgan fingerprint density at radius 3 is 2.69 bits per heavy atom. The van der Waals surface area contributed by atoms with Crippen molar-refractivity contribution in [3.8, 4) is 0 Å². The molecule has 0 spiro atoms. The van der Waals surface area contributed by atoms with Crippen LogP contribution in [-0.4, -0.2) is 38.5 Å². The minimum absolute atomic E-state index is 0.0778. The van der Waals surface area contributed by atoms with E-state index in [1.165, 1.54) is 32.1 Å². The summed E-state index contributed by atoms with van der Waals surface area (Å²) in [6, 6.07) is 0.479. The summed E-state index contributed by atoms with van der Waals surface area (Å²) in [5, 5.41) is 3.65. The Morgan fingerprint density at radius 2 is 2.19 bits per heavy atom. The highest BCUT2D eigenvalue weighted by molar-refractivity contribution is 5.00. The van der Waals surface area contributed by atoms with E-state index in [0.29, 0.717) is 12.0 Å². The maximum Gasteiger partial charge on any atom is 0.0834 e. The van der Waals surface area contributed by atoms with Gasteiger partial charge in [-0.25, -0.2) is 0 Å². The Balaban J connectivity index is 2.09. The van der Waals surface area contributed by atoms with Gasteiger partial charge in [-0.2, -0.15) is 0 Å². The zero-order valence-corrected chi connectivity index (χ0v) is 10.6. The van der Waals surface area contributed by atoms with Crippen molar-refractivity contribution in [3.05, 3.63) is 0 Å². The highest BCUT2D eigenvalue weighted by atomic mass is 16.5. The van der Waals surface area contributed by atoms with Crippen LogP contribution in [0.25, 0.3) is 0 Å². The predicted molar refractivity (Wildman–Crippen MR) is 64.6 cm³/mol. The summed E-state index contributed by atoms with van der Waals surface area (Å²) in [7, 11) is 1.88.